The maximum Gasteiger partial charge on any atom is 0.314 e. The van der Waals surface area contributed by atoms with Gasteiger partial charge in [0, 0.05) is 0 Å². The van der Waals surface area contributed by atoms with Crippen molar-refractivity contribution < 1.29 is 23.0 Å². The maximum atomic E-state index is 14.4. The van der Waals surface area contributed by atoms with Crippen LogP contribution in [-0.2, 0) is 4.79 Å². The Morgan fingerprint density at radius 1 is 0.867 bits per heavy atom. The van der Waals surface area contributed by atoms with Crippen molar-refractivity contribution in [3.8, 4) is 11.5 Å². The normalized spacial score (nSPS) is 18.9. The number of halogens is 2. The van der Waals surface area contributed by atoms with Crippen LogP contribution in [0.1, 0.15) is 97.3 Å². The van der Waals surface area contributed by atoms with Crippen molar-refractivity contribution in [1.29, 1.82) is 0 Å². The molecule has 2 rings (SSSR count). The van der Waals surface area contributed by atoms with E-state index in [-0.39, 0.29) is 17.4 Å². The zero-order chi connectivity index (χ0) is 21.8. The smallest absolute Gasteiger partial charge is 0.314 e. The average molecular weight is 425 g/mol. The van der Waals surface area contributed by atoms with E-state index in [9.17, 15) is 13.6 Å². The van der Waals surface area contributed by atoms with Gasteiger partial charge in [-0.2, -0.15) is 8.78 Å². The molecule has 1 aliphatic rings. The third kappa shape index (κ3) is 7.88. The lowest BCUT2D eigenvalue weighted by Crippen LogP contribution is -2.26. The summed E-state index contributed by atoms with van der Waals surface area (Å²) in [4.78, 5) is 12.4. The molecular weight excluding hydrogens is 386 g/mol. The molecule has 30 heavy (non-hydrogen) atoms. The molecule has 0 atom stereocenters. The van der Waals surface area contributed by atoms with Crippen LogP contribution in [0.15, 0.2) is 12.1 Å². The molecule has 1 aromatic rings. The van der Waals surface area contributed by atoms with Crippen molar-refractivity contribution >= 4 is 5.97 Å². The second-order valence-corrected chi connectivity index (χ2v) is 8.59. The summed E-state index contributed by atoms with van der Waals surface area (Å²) in [5, 5.41) is 0. The third-order valence-electron chi connectivity index (χ3n) is 6.12. The van der Waals surface area contributed by atoms with Crippen LogP contribution in [0.25, 0.3) is 0 Å². The van der Waals surface area contributed by atoms with Crippen LogP contribution in [0.3, 0.4) is 0 Å². The van der Waals surface area contributed by atoms with Gasteiger partial charge < -0.3 is 9.47 Å². The van der Waals surface area contributed by atoms with E-state index >= 15 is 0 Å². The third-order valence-corrected chi connectivity index (χ3v) is 6.12. The fraction of sp³-hybridized carbons (Fsp3) is 0.720. The minimum Gasteiger partial charge on any atom is -0.490 e. The summed E-state index contributed by atoms with van der Waals surface area (Å²) in [6, 6.07) is 2.64. The Kier molecular flexibility index (Phi) is 11.2. The first-order chi connectivity index (χ1) is 14.6. The summed E-state index contributed by atoms with van der Waals surface area (Å²) in [5.41, 5.74) is 0. The van der Waals surface area contributed by atoms with E-state index in [1.54, 1.807) is 0 Å². The molecule has 0 N–H and O–H groups in total. The topological polar surface area (TPSA) is 35.5 Å². The van der Waals surface area contributed by atoms with E-state index in [1.165, 1.54) is 44.2 Å². The quantitative estimate of drug-likeness (QED) is 0.186. The van der Waals surface area contributed by atoms with Gasteiger partial charge >= 0.3 is 5.97 Å². The minimum absolute atomic E-state index is 0.129. The molecule has 5 heteroatoms. The summed E-state index contributed by atoms with van der Waals surface area (Å²) >= 11 is 0. The predicted molar refractivity (Wildman–Crippen MR) is 116 cm³/mol. The average Bonchev–Trinajstić information content (AvgIpc) is 2.76. The standard InChI is InChI=1S/C25H38F2O3/c1-3-5-7-8-10-18-29-21-16-17-22(24(27)23(21)26)30-25(28)20-14-12-19(13-15-20)11-9-6-4-2/h16-17,19-20H,3-15,18H2,1-2H3. The number of rotatable bonds is 13. The van der Waals surface area contributed by atoms with Crippen molar-refractivity contribution in [1.82, 2.24) is 0 Å². The highest BCUT2D eigenvalue weighted by molar-refractivity contribution is 5.75. The molecule has 0 spiro atoms. The largest absolute Gasteiger partial charge is 0.490 e. The summed E-state index contributed by atoms with van der Waals surface area (Å²) in [6.45, 7) is 4.69. The van der Waals surface area contributed by atoms with Crippen molar-refractivity contribution in [2.24, 2.45) is 11.8 Å². The molecular formula is C25H38F2O3. The number of hydrogen-bond donors (Lipinski definition) is 0. The van der Waals surface area contributed by atoms with E-state index in [1.807, 2.05) is 0 Å². The molecule has 0 bridgehead atoms. The summed E-state index contributed by atoms with van der Waals surface area (Å²) in [7, 11) is 0. The van der Waals surface area contributed by atoms with Gasteiger partial charge in [0.15, 0.2) is 11.5 Å². The Morgan fingerprint density at radius 3 is 2.17 bits per heavy atom. The maximum absolute atomic E-state index is 14.4. The second-order valence-electron chi connectivity index (χ2n) is 8.59. The van der Waals surface area contributed by atoms with Gasteiger partial charge in [0.2, 0.25) is 11.6 Å². The lowest BCUT2D eigenvalue weighted by Gasteiger charge is -2.27. The molecule has 0 unspecified atom stereocenters. The lowest BCUT2D eigenvalue weighted by molar-refractivity contribution is -0.140. The van der Waals surface area contributed by atoms with Crippen molar-refractivity contribution in [2.45, 2.75) is 97.3 Å². The Labute approximate surface area is 180 Å². The SMILES string of the molecule is CCCCCCCOc1ccc(OC(=O)C2CCC(CCCCC)CC2)c(F)c1F. The molecule has 1 saturated carbocycles. The van der Waals surface area contributed by atoms with Crippen LogP contribution in [0.4, 0.5) is 8.78 Å². The second kappa shape index (κ2) is 13.6. The Morgan fingerprint density at radius 2 is 1.47 bits per heavy atom. The zero-order valence-electron chi connectivity index (χ0n) is 18.7. The minimum atomic E-state index is -1.15. The van der Waals surface area contributed by atoms with E-state index in [0.29, 0.717) is 12.5 Å². The summed E-state index contributed by atoms with van der Waals surface area (Å²) in [6.07, 6.45) is 13.7. The van der Waals surface area contributed by atoms with Gasteiger partial charge in [-0.25, -0.2) is 0 Å². The van der Waals surface area contributed by atoms with E-state index < -0.39 is 17.6 Å². The fourth-order valence-corrected chi connectivity index (χ4v) is 4.15. The molecule has 1 aromatic carbocycles. The van der Waals surface area contributed by atoms with Crippen LogP contribution >= 0.6 is 0 Å². The Bertz CT molecular complexity index is 640. The molecule has 0 amide bonds. The lowest BCUT2D eigenvalue weighted by atomic mass is 9.80. The highest BCUT2D eigenvalue weighted by atomic mass is 19.2. The van der Waals surface area contributed by atoms with Crippen LogP contribution < -0.4 is 9.47 Å². The molecule has 0 aromatic heterocycles. The Balaban J connectivity index is 1.79. The van der Waals surface area contributed by atoms with E-state index in [0.717, 1.165) is 51.4 Å². The molecule has 0 aliphatic heterocycles. The van der Waals surface area contributed by atoms with Gasteiger partial charge in [-0.1, -0.05) is 65.2 Å². The fourth-order valence-electron chi connectivity index (χ4n) is 4.15. The Hall–Kier alpha value is -1.65. The number of hydrogen-bond acceptors (Lipinski definition) is 3. The van der Waals surface area contributed by atoms with Gasteiger partial charge in [0.05, 0.1) is 12.5 Å². The number of esters is 1. The molecule has 0 radical (unpaired) electrons. The number of carbonyl (C=O) groups is 1. The van der Waals surface area contributed by atoms with Crippen molar-refractivity contribution in [3.63, 3.8) is 0 Å². The molecule has 0 saturated heterocycles. The first-order valence-corrected chi connectivity index (χ1v) is 11.9. The van der Waals surface area contributed by atoms with Gasteiger partial charge in [-0.3, -0.25) is 4.79 Å². The molecule has 1 aliphatic carbocycles. The number of benzene rings is 1. The highest BCUT2D eigenvalue weighted by Gasteiger charge is 2.28. The first kappa shape index (κ1) is 24.6. The van der Waals surface area contributed by atoms with Gasteiger partial charge in [0.1, 0.15) is 0 Å². The van der Waals surface area contributed by atoms with Crippen LogP contribution in [0.5, 0.6) is 11.5 Å². The molecule has 3 nitrogen and oxygen atoms in total. The van der Waals surface area contributed by atoms with Crippen molar-refractivity contribution in [3.05, 3.63) is 23.8 Å². The molecule has 1 fully saturated rings. The predicted octanol–water partition coefficient (Wildman–Crippen LogP) is 7.61. The number of carbonyl (C=O) groups excluding carboxylic acids is 1. The summed E-state index contributed by atoms with van der Waals surface area (Å²) < 4.78 is 39.2. The monoisotopic (exact) mass is 424 g/mol. The van der Waals surface area contributed by atoms with Crippen molar-refractivity contribution in [2.75, 3.05) is 6.61 Å². The van der Waals surface area contributed by atoms with E-state index in [4.69, 9.17) is 9.47 Å². The number of unbranched alkanes of at least 4 members (excludes halogenated alkanes) is 6. The van der Waals surface area contributed by atoms with Gasteiger partial charge in [-0.15, -0.1) is 0 Å². The van der Waals surface area contributed by atoms with Gasteiger partial charge in [0.25, 0.3) is 0 Å². The molecule has 0 heterocycles. The molecule has 170 valence electrons. The van der Waals surface area contributed by atoms with E-state index in [2.05, 4.69) is 13.8 Å². The summed E-state index contributed by atoms with van der Waals surface area (Å²) in [5.74, 6) is -2.73. The highest BCUT2D eigenvalue weighted by Crippen LogP contribution is 2.34. The first-order valence-electron chi connectivity index (χ1n) is 11.9. The number of ether oxygens (including phenoxy) is 2. The van der Waals surface area contributed by atoms with Gasteiger partial charge in [-0.05, 0) is 50.2 Å². The van der Waals surface area contributed by atoms with Crippen LogP contribution in [0, 0.1) is 23.5 Å². The van der Waals surface area contributed by atoms with Crippen LogP contribution in [-0.4, -0.2) is 12.6 Å². The zero-order valence-corrected chi connectivity index (χ0v) is 18.7. The van der Waals surface area contributed by atoms with Crippen LogP contribution in [0.2, 0.25) is 0 Å².